The van der Waals surface area contributed by atoms with E-state index in [9.17, 15) is 4.79 Å². The third-order valence-corrected chi connectivity index (χ3v) is 5.35. The molecular weight excluding hydrogens is 406 g/mol. The van der Waals surface area contributed by atoms with E-state index in [0.717, 1.165) is 25.1 Å². The van der Waals surface area contributed by atoms with Gasteiger partial charge in [-0.15, -0.1) is 0 Å². The molecule has 1 aromatic carbocycles. The van der Waals surface area contributed by atoms with Crippen molar-refractivity contribution in [2.75, 3.05) is 13.1 Å². The molecule has 2 aromatic heterocycles. The van der Waals surface area contributed by atoms with Crippen molar-refractivity contribution in [3.63, 3.8) is 0 Å². The smallest absolute Gasteiger partial charge is 0.287 e. The van der Waals surface area contributed by atoms with Gasteiger partial charge in [-0.1, -0.05) is 30.3 Å². The van der Waals surface area contributed by atoms with Gasteiger partial charge >= 0.3 is 0 Å². The number of nitrogens with one attached hydrogen (secondary N) is 1. The lowest BCUT2D eigenvalue weighted by Gasteiger charge is -2.35. The van der Waals surface area contributed by atoms with Crippen molar-refractivity contribution in [2.24, 2.45) is 0 Å². The molecule has 1 atom stereocenters. The molecule has 5 nitrogen and oxygen atoms in total. The number of carbonyl (C=O) groups excluding carboxylic acids is 1. The van der Waals surface area contributed by atoms with Crippen LogP contribution in [-0.4, -0.2) is 28.9 Å². The molecule has 0 saturated carbocycles. The van der Waals surface area contributed by atoms with Crippen molar-refractivity contribution < 1.29 is 9.21 Å². The van der Waals surface area contributed by atoms with Gasteiger partial charge in [0.15, 0.2) is 10.4 Å². The van der Waals surface area contributed by atoms with Gasteiger partial charge in [-0.05, 0) is 57.2 Å². The summed E-state index contributed by atoms with van der Waals surface area (Å²) in [6.07, 6.45) is 4.65. The Morgan fingerprint density at radius 3 is 2.78 bits per heavy atom. The number of pyridine rings is 1. The van der Waals surface area contributed by atoms with E-state index in [1.165, 1.54) is 11.1 Å². The molecule has 3 heterocycles. The van der Waals surface area contributed by atoms with Crippen LogP contribution in [0.1, 0.15) is 33.3 Å². The number of fused-ring (bicyclic) bond motifs is 1. The average Bonchev–Trinajstić information content (AvgIpc) is 3.15. The average molecular weight is 426 g/mol. The summed E-state index contributed by atoms with van der Waals surface area (Å²) in [7, 11) is 0. The molecule has 0 aliphatic carbocycles. The lowest BCUT2D eigenvalue weighted by molar-refractivity contribution is 0.0899. The van der Waals surface area contributed by atoms with Crippen LogP contribution in [0.2, 0.25) is 0 Å². The molecule has 3 aromatic rings. The van der Waals surface area contributed by atoms with Gasteiger partial charge < -0.3 is 9.73 Å². The first-order valence-corrected chi connectivity index (χ1v) is 9.74. The van der Waals surface area contributed by atoms with E-state index in [0.29, 0.717) is 17.0 Å². The fourth-order valence-electron chi connectivity index (χ4n) is 3.53. The zero-order valence-electron chi connectivity index (χ0n) is 14.8. The van der Waals surface area contributed by atoms with Crippen molar-refractivity contribution in [3.05, 3.63) is 88.0 Å². The molecule has 1 aliphatic heterocycles. The maximum absolute atomic E-state index is 12.4. The molecule has 6 heteroatoms. The Morgan fingerprint density at radius 1 is 1.19 bits per heavy atom. The topological polar surface area (TPSA) is 58.4 Å². The van der Waals surface area contributed by atoms with Gasteiger partial charge in [0.05, 0.1) is 6.04 Å². The van der Waals surface area contributed by atoms with Crippen LogP contribution in [-0.2, 0) is 13.0 Å². The van der Waals surface area contributed by atoms with E-state index >= 15 is 0 Å². The summed E-state index contributed by atoms with van der Waals surface area (Å²) in [6.45, 7) is 2.29. The highest BCUT2D eigenvalue weighted by atomic mass is 79.9. The number of furan rings is 1. The fourth-order valence-corrected chi connectivity index (χ4v) is 3.83. The highest BCUT2D eigenvalue weighted by molar-refractivity contribution is 9.10. The summed E-state index contributed by atoms with van der Waals surface area (Å²) in [5, 5.41) is 3.01. The second-order valence-corrected chi connectivity index (χ2v) is 7.39. The number of carbonyl (C=O) groups is 1. The number of hydrogen-bond donors (Lipinski definition) is 1. The van der Waals surface area contributed by atoms with Gasteiger partial charge in [-0.25, -0.2) is 0 Å². The first kappa shape index (κ1) is 17.9. The van der Waals surface area contributed by atoms with E-state index < -0.39 is 0 Å². The number of benzene rings is 1. The third-order valence-electron chi connectivity index (χ3n) is 4.92. The maximum atomic E-state index is 12.4. The SMILES string of the molecule is O=C(NC[C@@H](c1cccnc1)N1CCc2ccccc2C1)c1ccc(Br)o1. The first-order valence-electron chi connectivity index (χ1n) is 8.95. The summed E-state index contributed by atoms with van der Waals surface area (Å²) in [4.78, 5) is 19.1. The van der Waals surface area contributed by atoms with Crippen LogP contribution in [0.15, 0.2) is 70.0 Å². The number of nitrogens with zero attached hydrogens (tertiary/aromatic N) is 2. The molecule has 1 aliphatic rings. The van der Waals surface area contributed by atoms with Crippen LogP contribution >= 0.6 is 15.9 Å². The molecule has 0 fully saturated rings. The Bertz CT molecular complexity index is 926. The zero-order valence-corrected chi connectivity index (χ0v) is 16.4. The molecule has 0 saturated heterocycles. The highest BCUT2D eigenvalue weighted by Crippen LogP contribution is 2.27. The summed E-state index contributed by atoms with van der Waals surface area (Å²) < 4.78 is 5.90. The number of aromatic nitrogens is 1. The van der Waals surface area contributed by atoms with Crippen LogP contribution < -0.4 is 5.32 Å². The number of halogens is 1. The number of rotatable bonds is 5. The second kappa shape index (κ2) is 8.06. The summed E-state index contributed by atoms with van der Waals surface area (Å²) in [5.41, 5.74) is 3.85. The quantitative estimate of drug-likeness (QED) is 0.671. The van der Waals surface area contributed by atoms with Gasteiger partial charge in [0.1, 0.15) is 0 Å². The normalized spacial score (nSPS) is 15.1. The number of hydrogen-bond acceptors (Lipinski definition) is 4. The summed E-state index contributed by atoms with van der Waals surface area (Å²) >= 11 is 3.23. The molecule has 0 unspecified atom stereocenters. The van der Waals surface area contributed by atoms with E-state index in [1.807, 2.05) is 12.3 Å². The van der Waals surface area contributed by atoms with Crippen molar-refractivity contribution in [3.8, 4) is 0 Å². The minimum Gasteiger partial charge on any atom is -0.444 e. The Kier molecular flexibility index (Phi) is 5.36. The molecular formula is C21H20BrN3O2. The largest absolute Gasteiger partial charge is 0.444 e. The lowest BCUT2D eigenvalue weighted by Crippen LogP contribution is -2.40. The molecule has 0 spiro atoms. The van der Waals surface area contributed by atoms with E-state index in [4.69, 9.17) is 4.42 Å². The van der Waals surface area contributed by atoms with Crippen molar-refractivity contribution in [1.29, 1.82) is 0 Å². The maximum Gasteiger partial charge on any atom is 0.287 e. The third kappa shape index (κ3) is 4.12. The summed E-state index contributed by atoms with van der Waals surface area (Å²) in [6, 6.07) is 16.0. The van der Waals surface area contributed by atoms with Crippen molar-refractivity contribution in [1.82, 2.24) is 15.2 Å². The van der Waals surface area contributed by atoms with Crippen LogP contribution in [0.3, 0.4) is 0 Å². The first-order chi connectivity index (χ1) is 13.2. The lowest BCUT2D eigenvalue weighted by atomic mass is 9.97. The van der Waals surface area contributed by atoms with E-state index in [-0.39, 0.29) is 11.9 Å². The van der Waals surface area contributed by atoms with Crippen molar-refractivity contribution >= 4 is 21.8 Å². The van der Waals surface area contributed by atoms with Gasteiger partial charge in [0, 0.05) is 32.0 Å². The van der Waals surface area contributed by atoms with Crippen LogP contribution in [0, 0.1) is 0 Å². The van der Waals surface area contributed by atoms with Crippen LogP contribution in [0.5, 0.6) is 0 Å². The Balaban J connectivity index is 1.52. The van der Waals surface area contributed by atoms with Crippen molar-refractivity contribution in [2.45, 2.75) is 19.0 Å². The standard InChI is InChI=1S/C21H20BrN3O2/c22-20-8-7-19(27-20)21(26)24-13-18(16-6-3-10-23-12-16)25-11-9-15-4-1-2-5-17(15)14-25/h1-8,10,12,18H,9,11,13-14H2,(H,24,26)/t18-/m0/s1. The molecule has 0 radical (unpaired) electrons. The predicted octanol–water partition coefficient (Wildman–Crippen LogP) is 3.97. The monoisotopic (exact) mass is 425 g/mol. The van der Waals surface area contributed by atoms with Gasteiger partial charge in [0.2, 0.25) is 0 Å². The van der Waals surface area contributed by atoms with Gasteiger partial charge in [-0.2, -0.15) is 0 Å². The predicted molar refractivity (Wildman–Crippen MR) is 106 cm³/mol. The molecule has 27 heavy (non-hydrogen) atoms. The van der Waals surface area contributed by atoms with Gasteiger partial charge in [0.25, 0.3) is 5.91 Å². The molecule has 4 rings (SSSR count). The molecule has 0 bridgehead atoms. The van der Waals surface area contributed by atoms with Gasteiger partial charge in [-0.3, -0.25) is 14.7 Å². The minimum atomic E-state index is -0.216. The molecule has 138 valence electrons. The zero-order chi connectivity index (χ0) is 18.6. The van der Waals surface area contributed by atoms with Crippen LogP contribution in [0.25, 0.3) is 0 Å². The minimum absolute atomic E-state index is 0.0504. The number of amides is 1. The second-order valence-electron chi connectivity index (χ2n) is 6.61. The fraction of sp³-hybridized carbons (Fsp3) is 0.238. The molecule has 1 amide bonds. The Hall–Kier alpha value is -2.44. The summed E-state index contributed by atoms with van der Waals surface area (Å²) in [5.74, 6) is 0.0859. The Morgan fingerprint density at radius 2 is 2.04 bits per heavy atom. The Labute approximate surface area is 166 Å². The molecule has 1 N–H and O–H groups in total. The van der Waals surface area contributed by atoms with E-state index in [2.05, 4.69) is 61.5 Å². The van der Waals surface area contributed by atoms with Crippen LogP contribution in [0.4, 0.5) is 0 Å². The highest BCUT2D eigenvalue weighted by Gasteiger charge is 2.25. The van der Waals surface area contributed by atoms with E-state index in [1.54, 1.807) is 18.3 Å².